The first kappa shape index (κ1) is 13.5. The number of benzene rings is 1. The highest BCUT2D eigenvalue weighted by atomic mass is 35.5. The molecule has 0 spiro atoms. The first-order valence-corrected chi connectivity index (χ1v) is 5.94. The Morgan fingerprint density at radius 3 is 2.62 bits per heavy atom. The van der Waals surface area contributed by atoms with Gasteiger partial charge in [-0.2, -0.15) is 0 Å². The summed E-state index contributed by atoms with van der Waals surface area (Å²) < 4.78 is 13.5. The topological polar surface area (TPSA) is 26.0 Å². The predicted octanol–water partition coefficient (Wildman–Crippen LogP) is 3.79. The van der Waals surface area contributed by atoms with Crippen LogP contribution in [0.4, 0.5) is 4.39 Å². The third kappa shape index (κ3) is 3.19. The first-order chi connectivity index (χ1) is 7.36. The highest BCUT2D eigenvalue weighted by molar-refractivity contribution is 6.30. The molecule has 90 valence electrons. The van der Waals surface area contributed by atoms with Crippen molar-refractivity contribution in [2.24, 2.45) is 11.1 Å². The van der Waals surface area contributed by atoms with Gasteiger partial charge in [0, 0.05) is 11.1 Å². The van der Waals surface area contributed by atoms with Crippen LogP contribution in [0, 0.1) is 11.2 Å². The quantitative estimate of drug-likeness (QED) is 0.856. The molecular formula is C13H19ClFN. The molecule has 0 saturated carbocycles. The molecule has 2 N–H and O–H groups in total. The maximum Gasteiger partial charge on any atom is 0.126 e. The Balaban J connectivity index is 2.84. The molecule has 0 aliphatic carbocycles. The van der Waals surface area contributed by atoms with E-state index in [0.29, 0.717) is 17.0 Å². The molecule has 16 heavy (non-hydrogen) atoms. The molecule has 0 radical (unpaired) electrons. The monoisotopic (exact) mass is 243 g/mol. The van der Waals surface area contributed by atoms with Gasteiger partial charge in [0.15, 0.2) is 0 Å². The summed E-state index contributed by atoms with van der Waals surface area (Å²) in [5, 5.41) is 0.554. The fourth-order valence-electron chi connectivity index (χ4n) is 1.48. The maximum absolute atomic E-state index is 13.5. The molecule has 0 saturated heterocycles. The van der Waals surface area contributed by atoms with Gasteiger partial charge in [-0.3, -0.25) is 0 Å². The van der Waals surface area contributed by atoms with Crippen molar-refractivity contribution in [2.75, 3.05) is 0 Å². The van der Waals surface area contributed by atoms with Crippen molar-refractivity contribution in [2.45, 2.75) is 39.7 Å². The van der Waals surface area contributed by atoms with Crippen molar-refractivity contribution >= 4 is 11.6 Å². The molecule has 1 atom stereocenters. The summed E-state index contributed by atoms with van der Waals surface area (Å²) >= 11 is 5.84. The molecule has 0 heterocycles. The zero-order valence-corrected chi connectivity index (χ0v) is 10.8. The molecule has 0 aliphatic heterocycles. The molecule has 0 aliphatic rings. The molecule has 0 fully saturated rings. The normalized spacial score (nSPS) is 13.9. The summed E-state index contributed by atoms with van der Waals surface area (Å²) in [5.41, 5.74) is 6.71. The molecule has 1 rings (SSSR count). The number of hydrogen-bond acceptors (Lipinski definition) is 1. The van der Waals surface area contributed by atoms with Crippen LogP contribution in [0.1, 0.15) is 32.8 Å². The largest absolute Gasteiger partial charge is 0.327 e. The lowest BCUT2D eigenvalue weighted by atomic mass is 9.79. The second-order valence-corrected chi connectivity index (χ2v) is 5.32. The summed E-state index contributed by atoms with van der Waals surface area (Å²) in [6, 6.07) is 4.54. The van der Waals surface area contributed by atoms with Gasteiger partial charge in [0.05, 0.1) is 0 Å². The minimum atomic E-state index is -0.230. The fourth-order valence-corrected chi connectivity index (χ4v) is 1.67. The van der Waals surface area contributed by atoms with E-state index in [1.807, 2.05) is 0 Å². The molecule has 0 bridgehead atoms. The number of halogens is 2. The summed E-state index contributed by atoms with van der Waals surface area (Å²) in [6.07, 6.45) is 1.49. The number of nitrogens with two attached hydrogens (primary N) is 1. The zero-order chi connectivity index (χ0) is 12.3. The van der Waals surface area contributed by atoms with Crippen molar-refractivity contribution in [1.82, 2.24) is 0 Å². The summed E-state index contributed by atoms with van der Waals surface area (Å²) in [4.78, 5) is 0. The van der Waals surface area contributed by atoms with E-state index < -0.39 is 0 Å². The molecule has 0 amide bonds. The minimum absolute atomic E-state index is 0.00869. The van der Waals surface area contributed by atoms with E-state index >= 15 is 0 Å². The number of rotatable bonds is 4. The van der Waals surface area contributed by atoms with Gasteiger partial charge >= 0.3 is 0 Å². The van der Waals surface area contributed by atoms with E-state index in [1.54, 1.807) is 12.1 Å². The Bertz CT molecular complexity index is 363. The van der Waals surface area contributed by atoms with Crippen molar-refractivity contribution < 1.29 is 4.39 Å². The third-order valence-electron chi connectivity index (χ3n) is 3.36. The Hall–Kier alpha value is -0.600. The Kier molecular flexibility index (Phi) is 4.34. The highest BCUT2D eigenvalue weighted by Crippen LogP contribution is 2.27. The Morgan fingerprint density at radius 1 is 1.44 bits per heavy atom. The van der Waals surface area contributed by atoms with Gasteiger partial charge in [-0.1, -0.05) is 32.4 Å². The van der Waals surface area contributed by atoms with Crippen LogP contribution >= 0.6 is 11.6 Å². The molecule has 1 aromatic rings. The molecule has 0 aromatic heterocycles. The standard InChI is InChI=1S/C13H19ClFN/c1-4-13(2,3)12(16)8-9-7-10(14)5-6-11(9)15/h5-7,12H,4,8,16H2,1-3H3. The minimum Gasteiger partial charge on any atom is -0.327 e. The van der Waals surface area contributed by atoms with Crippen LogP contribution in [-0.4, -0.2) is 6.04 Å². The lowest BCUT2D eigenvalue weighted by Gasteiger charge is -2.30. The van der Waals surface area contributed by atoms with Gasteiger partial charge < -0.3 is 5.73 Å². The summed E-state index contributed by atoms with van der Waals surface area (Å²) in [6.45, 7) is 6.29. The first-order valence-electron chi connectivity index (χ1n) is 5.56. The molecule has 1 unspecified atom stereocenters. The lowest BCUT2D eigenvalue weighted by molar-refractivity contribution is 0.271. The van der Waals surface area contributed by atoms with Gasteiger partial charge in [-0.25, -0.2) is 4.39 Å². The van der Waals surface area contributed by atoms with Gasteiger partial charge in [0.1, 0.15) is 5.82 Å². The van der Waals surface area contributed by atoms with Gasteiger partial charge in [0.2, 0.25) is 0 Å². The summed E-state index contributed by atoms with van der Waals surface area (Å²) in [7, 11) is 0. The molecular weight excluding hydrogens is 225 g/mol. The zero-order valence-electron chi connectivity index (χ0n) is 10.1. The number of hydrogen-bond donors (Lipinski definition) is 1. The molecule has 3 heteroatoms. The molecule has 1 aromatic carbocycles. The van der Waals surface area contributed by atoms with Crippen LogP contribution in [-0.2, 0) is 6.42 Å². The Morgan fingerprint density at radius 2 is 2.06 bits per heavy atom. The van der Waals surface area contributed by atoms with Crippen LogP contribution in [0.15, 0.2) is 18.2 Å². The van der Waals surface area contributed by atoms with E-state index in [4.69, 9.17) is 17.3 Å². The average molecular weight is 244 g/mol. The van der Waals surface area contributed by atoms with Crippen molar-refractivity contribution in [1.29, 1.82) is 0 Å². The van der Waals surface area contributed by atoms with E-state index in [2.05, 4.69) is 20.8 Å². The van der Waals surface area contributed by atoms with E-state index in [0.717, 1.165) is 6.42 Å². The van der Waals surface area contributed by atoms with E-state index in [1.165, 1.54) is 6.07 Å². The fraction of sp³-hybridized carbons (Fsp3) is 0.538. The van der Waals surface area contributed by atoms with Gasteiger partial charge in [0.25, 0.3) is 0 Å². The Labute approximate surface area is 102 Å². The van der Waals surface area contributed by atoms with Crippen molar-refractivity contribution in [3.05, 3.63) is 34.6 Å². The van der Waals surface area contributed by atoms with Gasteiger partial charge in [-0.05, 0) is 42.0 Å². The van der Waals surface area contributed by atoms with Crippen molar-refractivity contribution in [3.8, 4) is 0 Å². The van der Waals surface area contributed by atoms with Crippen LogP contribution in [0.25, 0.3) is 0 Å². The van der Waals surface area contributed by atoms with Crippen LogP contribution < -0.4 is 5.73 Å². The van der Waals surface area contributed by atoms with Crippen LogP contribution in [0.3, 0.4) is 0 Å². The van der Waals surface area contributed by atoms with Crippen LogP contribution in [0.2, 0.25) is 5.02 Å². The second kappa shape index (κ2) is 5.15. The van der Waals surface area contributed by atoms with E-state index in [-0.39, 0.29) is 17.3 Å². The summed E-state index contributed by atoms with van der Waals surface area (Å²) in [5.74, 6) is -0.230. The predicted molar refractivity (Wildman–Crippen MR) is 67.2 cm³/mol. The third-order valence-corrected chi connectivity index (χ3v) is 3.60. The van der Waals surface area contributed by atoms with E-state index in [9.17, 15) is 4.39 Å². The molecule has 1 nitrogen and oxygen atoms in total. The smallest absolute Gasteiger partial charge is 0.126 e. The van der Waals surface area contributed by atoms with Gasteiger partial charge in [-0.15, -0.1) is 0 Å². The van der Waals surface area contributed by atoms with Crippen LogP contribution in [0.5, 0.6) is 0 Å². The lowest BCUT2D eigenvalue weighted by Crippen LogP contribution is -2.38. The second-order valence-electron chi connectivity index (χ2n) is 4.89. The van der Waals surface area contributed by atoms with Crippen molar-refractivity contribution in [3.63, 3.8) is 0 Å². The highest BCUT2D eigenvalue weighted by Gasteiger charge is 2.25. The maximum atomic E-state index is 13.5. The SMILES string of the molecule is CCC(C)(C)C(N)Cc1cc(Cl)ccc1F. The average Bonchev–Trinajstić information content (AvgIpc) is 2.23.